The smallest absolute Gasteiger partial charge is 0.338 e. The van der Waals surface area contributed by atoms with E-state index in [0.717, 1.165) is 51.4 Å². The number of hydrogen-bond acceptors (Lipinski definition) is 11. The Morgan fingerprint density at radius 3 is 2.00 bits per heavy atom. The maximum absolute atomic E-state index is 13.7. The van der Waals surface area contributed by atoms with Gasteiger partial charge in [0.05, 0.1) is 12.2 Å². The van der Waals surface area contributed by atoms with Crippen LogP contribution in [0.5, 0.6) is 0 Å². The van der Waals surface area contributed by atoms with Crippen LogP contribution in [0.1, 0.15) is 89.4 Å². The van der Waals surface area contributed by atoms with Gasteiger partial charge in [0.1, 0.15) is 36.4 Å². The van der Waals surface area contributed by atoms with Crippen molar-refractivity contribution in [1.29, 1.82) is 0 Å². The molecule has 3 N–H and O–H groups in total. The Morgan fingerprint density at radius 2 is 1.39 bits per heavy atom. The van der Waals surface area contributed by atoms with Gasteiger partial charge in [-0.1, -0.05) is 83.2 Å². The maximum Gasteiger partial charge on any atom is 0.338 e. The number of aromatic nitrogens is 2. The third-order valence-corrected chi connectivity index (χ3v) is 7.97. The van der Waals surface area contributed by atoms with Gasteiger partial charge in [0.2, 0.25) is 0 Å². The number of anilines is 2. The zero-order valence-electron chi connectivity index (χ0n) is 27.8. The number of esters is 1. The molecule has 0 amide bonds. The zero-order chi connectivity index (χ0) is 33.1. The highest BCUT2D eigenvalue weighted by molar-refractivity contribution is 6.32. The van der Waals surface area contributed by atoms with Crippen LogP contribution in [0.3, 0.4) is 0 Å². The first-order valence-electron chi connectivity index (χ1n) is 16.8. The number of nitrogens with two attached hydrogens (primary N) is 1. The minimum Gasteiger partial charge on any atom is -0.451 e. The number of benzene rings is 1. The van der Waals surface area contributed by atoms with Crippen molar-refractivity contribution < 1.29 is 33.2 Å². The van der Waals surface area contributed by atoms with Crippen LogP contribution in [0.4, 0.5) is 11.5 Å². The van der Waals surface area contributed by atoms with Gasteiger partial charge in [-0.25, -0.2) is 14.8 Å². The van der Waals surface area contributed by atoms with E-state index in [2.05, 4.69) is 43.0 Å². The van der Waals surface area contributed by atoms with E-state index in [4.69, 9.17) is 45.8 Å². The highest BCUT2D eigenvalue weighted by Crippen LogP contribution is 2.33. The Balaban J connectivity index is 2.14. The summed E-state index contributed by atoms with van der Waals surface area (Å²) in [6.07, 6.45) is 3.87. The van der Waals surface area contributed by atoms with Crippen molar-refractivity contribution in [1.82, 2.24) is 9.97 Å². The molecule has 1 fully saturated rings. The van der Waals surface area contributed by atoms with Gasteiger partial charge in [0, 0.05) is 26.4 Å². The summed E-state index contributed by atoms with van der Waals surface area (Å²) in [6.45, 7) is 10.6. The first-order chi connectivity index (χ1) is 22.4. The van der Waals surface area contributed by atoms with E-state index in [1.54, 1.807) is 24.3 Å². The summed E-state index contributed by atoms with van der Waals surface area (Å²) in [5.41, 5.74) is 6.81. The Morgan fingerprint density at radius 1 is 0.826 bits per heavy atom. The number of nitrogen functional groups attached to an aromatic ring is 1. The van der Waals surface area contributed by atoms with Crippen molar-refractivity contribution in [3.63, 3.8) is 0 Å². The largest absolute Gasteiger partial charge is 0.451 e. The fourth-order valence-corrected chi connectivity index (χ4v) is 5.12. The third-order valence-electron chi connectivity index (χ3n) is 7.67. The molecule has 1 aliphatic heterocycles. The number of carbonyl (C=O) groups is 1. The summed E-state index contributed by atoms with van der Waals surface area (Å²) in [5, 5.41) is 3.34. The molecule has 0 saturated carbocycles. The number of unbranched alkanes of at least 4 members (excludes halogenated alkanes) is 4. The summed E-state index contributed by atoms with van der Waals surface area (Å²) < 4.78 is 39.1. The van der Waals surface area contributed by atoms with Gasteiger partial charge in [-0.15, -0.1) is 0 Å². The molecular weight excluding hydrogens is 612 g/mol. The first-order valence-corrected chi connectivity index (χ1v) is 17.2. The number of rotatable bonds is 21. The summed E-state index contributed by atoms with van der Waals surface area (Å²) in [4.78, 5) is 22.0. The van der Waals surface area contributed by atoms with Crippen LogP contribution in [0.25, 0.3) is 0 Å². The van der Waals surface area contributed by atoms with Crippen molar-refractivity contribution in [2.24, 2.45) is 0 Å². The van der Waals surface area contributed by atoms with Gasteiger partial charge < -0.3 is 39.5 Å². The molecule has 11 nitrogen and oxygen atoms in total. The predicted molar refractivity (Wildman–Crippen MR) is 179 cm³/mol. The summed E-state index contributed by atoms with van der Waals surface area (Å²) in [5.74, 6) is -0.301. The molecule has 46 heavy (non-hydrogen) atoms. The molecule has 258 valence electrons. The van der Waals surface area contributed by atoms with Crippen molar-refractivity contribution in [3.8, 4) is 0 Å². The SMILES string of the molecule is CCCCOC[C@H]1O[C@@H](Nc2ncnc(Cl)c2N)[C@H](OC(=O)c2ccccc2)[C@H](OCCCC)[C@@H](OCCCC)[C@@H]1OCCCC. The average Bonchev–Trinajstić information content (AvgIpc) is 3.17. The van der Waals surface area contributed by atoms with Gasteiger partial charge in [-0.05, 0) is 37.8 Å². The van der Waals surface area contributed by atoms with Gasteiger partial charge in [0.25, 0.3) is 0 Å². The van der Waals surface area contributed by atoms with E-state index >= 15 is 0 Å². The fourth-order valence-electron chi connectivity index (χ4n) is 4.99. The van der Waals surface area contributed by atoms with Gasteiger partial charge in [-0.2, -0.15) is 0 Å². The number of ether oxygens (including phenoxy) is 6. The Bertz CT molecular complexity index is 1130. The van der Waals surface area contributed by atoms with E-state index in [-0.39, 0.29) is 23.3 Å². The molecular formula is C34H53ClN4O7. The van der Waals surface area contributed by atoms with Gasteiger partial charge in [0.15, 0.2) is 23.3 Å². The van der Waals surface area contributed by atoms with Crippen molar-refractivity contribution in [2.75, 3.05) is 44.1 Å². The highest BCUT2D eigenvalue weighted by atomic mass is 35.5. The van der Waals surface area contributed by atoms with E-state index in [9.17, 15) is 4.79 Å². The molecule has 1 aliphatic rings. The van der Waals surface area contributed by atoms with Crippen LogP contribution in [0, 0.1) is 0 Å². The second-order valence-electron chi connectivity index (χ2n) is 11.4. The van der Waals surface area contributed by atoms with E-state index in [0.29, 0.717) is 32.0 Å². The van der Waals surface area contributed by atoms with Crippen molar-refractivity contribution in [2.45, 2.75) is 116 Å². The van der Waals surface area contributed by atoms with Crippen molar-refractivity contribution >= 4 is 29.1 Å². The molecule has 0 radical (unpaired) electrons. The molecule has 6 atom stereocenters. The number of halogens is 1. The van der Waals surface area contributed by atoms with Crippen LogP contribution in [-0.4, -0.2) is 85.7 Å². The lowest BCUT2D eigenvalue weighted by molar-refractivity contribution is -0.175. The molecule has 1 aromatic heterocycles. The molecule has 0 spiro atoms. The van der Waals surface area contributed by atoms with E-state index < -0.39 is 42.7 Å². The fraction of sp³-hybridized carbons (Fsp3) is 0.676. The summed E-state index contributed by atoms with van der Waals surface area (Å²) in [7, 11) is 0. The van der Waals surface area contributed by atoms with Gasteiger partial charge in [-0.3, -0.25) is 0 Å². The molecule has 2 heterocycles. The predicted octanol–water partition coefficient (Wildman–Crippen LogP) is 6.45. The Kier molecular flexibility index (Phi) is 17.6. The average molecular weight is 665 g/mol. The topological polar surface area (TPSA) is 136 Å². The monoisotopic (exact) mass is 664 g/mol. The molecule has 3 rings (SSSR count). The lowest BCUT2D eigenvalue weighted by Crippen LogP contribution is -2.54. The van der Waals surface area contributed by atoms with Crippen LogP contribution < -0.4 is 11.1 Å². The lowest BCUT2D eigenvalue weighted by Gasteiger charge is -2.36. The second kappa shape index (κ2) is 21.4. The first kappa shape index (κ1) is 37.9. The molecule has 0 aliphatic carbocycles. The second-order valence-corrected chi connectivity index (χ2v) is 11.8. The number of carbonyl (C=O) groups excluding carboxylic acids is 1. The quantitative estimate of drug-likeness (QED) is 0.0866. The van der Waals surface area contributed by atoms with Gasteiger partial charge >= 0.3 is 5.97 Å². The summed E-state index contributed by atoms with van der Waals surface area (Å²) >= 11 is 6.27. The Labute approximate surface area is 279 Å². The minimum absolute atomic E-state index is 0.0840. The third kappa shape index (κ3) is 11.6. The zero-order valence-corrected chi connectivity index (χ0v) is 28.6. The van der Waals surface area contributed by atoms with E-state index in [1.165, 1.54) is 6.33 Å². The maximum atomic E-state index is 13.7. The standard InChI is InChI=1S/C34H53ClN4O7/c1-5-9-18-41-22-25-27(42-19-10-6-2)28(43-20-11-7-3)29(44-21-12-8-4)30(46-34(40)24-16-14-13-15-17-24)33(45-25)39-32-26(36)31(35)37-23-38-32/h13-17,23,25,27-30,33H,5-12,18-22,36H2,1-4H3,(H,37,38,39)/t25-,27-,28+,29-,30-,33-/m1/s1. The number of nitrogens with zero attached hydrogens (tertiary/aromatic N) is 2. The molecule has 1 aromatic carbocycles. The molecule has 0 bridgehead atoms. The molecule has 1 saturated heterocycles. The lowest BCUT2D eigenvalue weighted by atomic mass is 9.99. The van der Waals surface area contributed by atoms with E-state index in [1.807, 2.05) is 6.07 Å². The normalized spacial score (nSPS) is 23.2. The minimum atomic E-state index is -1.01. The number of hydrogen-bond donors (Lipinski definition) is 2. The highest BCUT2D eigenvalue weighted by Gasteiger charge is 2.51. The Hall–Kier alpha value is -2.54. The van der Waals surface area contributed by atoms with Crippen LogP contribution in [-0.2, 0) is 28.4 Å². The van der Waals surface area contributed by atoms with Crippen LogP contribution in [0.2, 0.25) is 5.15 Å². The van der Waals surface area contributed by atoms with Crippen LogP contribution in [0.15, 0.2) is 36.7 Å². The molecule has 0 unspecified atom stereocenters. The molecule has 2 aromatic rings. The molecule has 12 heteroatoms. The number of nitrogens with one attached hydrogen (secondary N) is 1. The van der Waals surface area contributed by atoms with Crippen molar-refractivity contribution in [3.05, 3.63) is 47.4 Å². The summed E-state index contributed by atoms with van der Waals surface area (Å²) in [6, 6.07) is 8.81. The van der Waals surface area contributed by atoms with Crippen LogP contribution >= 0.6 is 11.6 Å².